The van der Waals surface area contributed by atoms with Gasteiger partial charge in [-0.25, -0.2) is 0 Å². The maximum Gasteiger partial charge on any atom is 0.226 e. The van der Waals surface area contributed by atoms with E-state index in [0.29, 0.717) is 11.7 Å². The topological polar surface area (TPSA) is 85.0 Å². The maximum atomic E-state index is 5.71. The Kier molecular flexibility index (Phi) is 9.15. The minimum Gasteiger partial charge on any atom is -0.497 e. The quantitative estimate of drug-likeness (QED) is 0.297. The van der Waals surface area contributed by atoms with E-state index in [0.717, 1.165) is 75.2 Å². The highest BCUT2D eigenvalue weighted by atomic mass is 16.5. The number of hydrogen-bond donors (Lipinski definition) is 1. The standard InChI is InChI=1S/C23H35N5O3/c1-24-23(28(2)15-16-30-17-18-8-9-18)25-14-6-4-5-7-21-26-22(27-31-21)19-10-12-20(29-3)13-11-19/h10-13,18H,4-9,14-17H2,1-3H3,(H,24,25). The van der Waals surface area contributed by atoms with Crippen molar-refractivity contribution in [3.8, 4) is 17.1 Å². The molecule has 1 N–H and O–H groups in total. The monoisotopic (exact) mass is 429 g/mol. The number of nitrogens with zero attached hydrogens (tertiary/aromatic N) is 4. The number of unbranched alkanes of at least 4 members (excludes halogenated alkanes) is 2. The van der Waals surface area contributed by atoms with E-state index in [2.05, 4.69) is 25.3 Å². The van der Waals surface area contributed by atoms with Crippen molar-refractivity contribution in [2.45, 2.75) is 38.5 Å². The Balaban J connectivity index is 1.27. The van der Waals surface area contributed by atoms with Crippen molar-refractivity contribution in [3.05, 3.63) is 30.2 Å². The summed E-state index contributed by atoms with van der Waals surface area (Å²) in [5.74, 6) is 3.83. The Morgan fingerprint density at radius 2 is 2.03 bits per heavy atom. The molecule has 0 unspecified atom stereocenters. The van der Waals surface area contributed by atoms with Gasteiger partial charge in [0.1, 0.15) is 5.75 Å². The summed E-state index contributed by atoms with van der Waals surface area (Å²) in [6.07, 6.45) is 6.60. The van der Waals surface area contributed by atoms with Crippen molar-refractivity contribution in [2.24, 2.45) is 10.9 Å². The molecule has 8 nitrogen and oxygen atoms in total. The summed E-state index contributed by atoms with van der Waals surface area (Å²) in [6.45, 7) is 3.39. The van der Waals surface area contributed by atoms with Crippen LogP contribution in [0.3, 0.4) is 0 Å². The molecule has 0 saturated heterocycles. The normalized spacial score (nSPS) is 14.0. The van der Waals surface area contributed by atoms with Gasteiger partial charge in [-0.3, -0.25) is 4.99 Å². The van der Waals surface area contributed by atoms with E-state index < -0.39 is 0 Å². The lowest BCUT2D eigenvalue weighted by Gasteiger charge is -2.22. The van der Waals surface area contributed by atoms with E-state index in [1.54, 1.807) is 7.11 Å². The Morgan fingerprint density at radius 3 is 2.74 bits per heavy atom. The van der Waals surface area contributed by atoms with Gasteiger partial charge in [0.25, 0.3) is 0 Å². The molecule has 31 heavy (non-hydrogen) atoms. The van der Waals surface area contributed by atoms with E-state index in [4.69, 9.17) is 14.0 Å². The van der Waals surface area contributed by atoms with Gasteiger partial charge in [-0.05, 0) is 55.9 Å². The lowest BCUT2D eigenvalue weighted by Crippen LogP contribution is -2.41. The molecule has 1 heterocycles. The fourth-order valence-corrected chi connectivity index (χ4v) is 3.22. The average Bonchev–Trinajstić information content (AvgIpc) is 3.51. The highest BCUT2D eigenvalue weighted by Gasteiger charge is 2.21. The third-order valence-electron chi connectivity index (χ3n) is 5.36. The van der Waals surface area contributed by atoms with Crippen LogP contribution in [-0.2, 0) is 11.2 Å². The molecular weight excluding hydrogens is 394 g/mol. The molecule has 0 bridgehead atoms. The fraction of sp³-hybridized carbons (Fsp3) is 0.609. The van der Waals surface area contributed by atoms with Crippen molar-refractivity contribution in [3.63, 3.8) is 0 Å². The van der Waals surface area contributed by atoms with Crippen LogP contribution in [0, 0.1) is 5.92 Å². The summed E-state index contributed by atoms with van der Waals surface area (Å²) >= 11 is 0. The summed E-state index contributed by atoms with van der Waals surface area (Å²) < 4.78 is 16.3. The Hall–Kier alpha value is -2.61. The van der Waals surface area contributed by atoms with Crippen molar-refractivity contribution < 1.29 is 14.0 Å². The van der Waals surface area contributed by atoms with Crippen LogP contribution in [0.2, 0.25) is 0 Å². The van der Waals surface area contributed by atoms with E-state index in [1.165, 1.54) is 12.8 Å². The predicted octanol–water partition coefficient (Wildman–Crippen LogP) is 3.39. The number of aromatic nitrogens is 2. The predicted molar refractivity (Wildman–Crippen MR) is 121 cm³/mol. The second kappa shape index (κ2) is 12.3. The van der Waals surface area contributed by atoms with Gasteiger partial charge in [-0.2, -0.15) is 4.98 Å². The SMILES string of the molecule is CN=C(NCCCCCc1nc(-c2ccc(OC)cc2)no1)N(C)CCOCC1CC1. The van der Waals surface area contributed by atoms with Gasteiger partial charge in [0.15, 0.2) is 5.96 Å². The zero-order valence-corrected chi connectivity index (χ0v) is 19.0. The maximum absolute atomic E-state index is 5.71. The summed E-state index contributed by atoms with van der Waals surface area (Å²) in [5.41, 5.74) is 0.924. The van der Waals surface area contributed by atoms with E-state index in [-0.39, 0.29) is 0 Å². The number of benzene rings is 1. The summed E-state index contributed by atoms with van der Waals surface area (Å²) in [5, 5.41) is 7.51. The molecule has 0 atom stereocenters. The van der Waals surface area contributed by atoms with Crippen LogP contribution in [-0.4, -0.2) is 68.5 Å². The minimum atomic E-state index is 0.618. The van der Waals surface area contributed by atoms with Crippen molar-refractivity contribution in [2.75, 3.05) is 47.5 Å². The van der Waals surface area contributed by atoms with Crippen LogP contribution in [0.5, 0.6) is 5.75 Å². The van der Waals surface area contributed by atoms with Gasteiger partial charge >= 0.3 is 0 Å². The number of ether oxygens (including phenoxy) is 2. The number of hydrogen-bond acceptors (Lipinski definition) is 6. The highest BCUT2D eigenvalue weighted by Crippen LogP contribution is 2.28. The van der Waals surface area contributed by atoms with Crippen molar-refractivity contribution in [1.29, 1.82) is 0 Å². The summed E-state index contributed by atoms with van der Waals surface area (Å²) in [7, 11) is 5.52. The molecule has 1 saturated carbocycles. The molecule has 1 aromatic carbocycles. The third kappa shape index (κ3) is 7.86. The molecule has 0 radical (unpaired) electrons. The first-order valence-electron chi connectivity index (χ1n) is 11.2. The van der Waals surface area contributed by atoms with Gasteiger partial charge in [0, 0.05) is 45.8 Å². The van der Waals surface area contributed by atoms with E-state index in [1.807, 2.05) is 38.4 Å². The molecule has 170 valence electrons. The van der Waals surface area contributed by atoms with Crippen LogP contribution >= 0.6 is 0 Å². The van der Waals surface area contributed by atoms with Crippen molar-refractivity contribution in [1.82, 2.24) is 20.4 Å². The molecule has 0 aliphatic heterocycles. The van der Waals surface area contributed by atoms with Gasteiger partial charge in [-0.15, -0.1) is 0 Å². The van der Waals surface area contributed by atoms with Gasteiger partial charge < -0.3 is 24.2 Å². The number of rotatable bonds is 13. The summed E-state index contributed by atoms with van der Waals surface area (Å²) in [4.78, 5) is 11.0. The smallest absolute Gasteiger partial charge is 0.226 e. The number of aryl methyl sites for hydroxylation is 1. The molecule has 1 aromatic heterocycles. The number of guanidine groups is 1. The summed E-state index contributed by atoms with van der Waals surface area (Å²) in [6, 6.07) is 7.65. The fourth-order valence-electron chi connectivity index (χ4n) is 3.22. The number of likely N-dealkylation sites (N-methyl/N-ethyl adjacent to an activating group) is 1. The lowest BCUT2D eigenvalue weighted by atomic mass is 10.2. The largest absolute Gasteiger partial charge is 0.497 e. The molecule has 8 heteroatoms. The van der Waals surface area contributed by atoms with Gasteiger partial charge in [0.2, 0.25) is 11.7 Å². The first kappa shape index (κ1) is 23.1. The highest BCUT2D eigenvalue weighted by molar-refractivity contribution is 5.79. The second-order valence-corrected chi connectivity index (χ2v) is 7.96. The van der Waals surface area contributed by atoms with Crippen LogP contribution in [0.15, 0.2) is 33.8 Å². The molecule has 2 aromatic rings. The Bertz CT molecular complexity index is 802. The zero-order valence-electron chi connectivity index (χ0n) is 19.0. The minimum absolute atomic E-state index is 0.618. The molecule has 0 spiro atoms. The van der Waals surface area contributed by atoms with Crippen LogP contribution in [0.4, 0.5) is 0 Å². The van der Waals surface area contributed by atoms with Crippen LogP contribution in [0.25, 0.3) is 11.4 Å². The second-order valence-electron chi connectivity index (χ2n) is 7.96. The first-order chi connectivity index (χ1) is 15.2. The molecule has 1 aliphatic carbocycles. The molecule has 3 rings (SSSR count). The lowest BCUT2D eigenvalue weighted by molar-refractivity contribution is 0.115. The third-order valence-corrected chi connectivity index (χ3v) is 5.36. The van der Waals surface area contributed by atoms with Gasteiger partial charge in [0.05, 0.1) is 13.7 Å². The Morgan fingerprint density at radius 1 is 1.23 bits per heavy atom. The first-order valence-corrected chi connectivity index (χ1v) is 11.2. The van der Waals surface area contributed by atoms with Crippen LogP contribution in [0.1, 0.15) is 38.0 Å². The number of aliphatic imine (C=N–C) groups is 1. The number of methoxy groups -OCH3 is 1. The number of nitrogens with one attached hydrogen (secondary N) is 1. The molecular formula is C23H35N5O3. The van der Waals surface area contributed by atoms with Gasteiger partial charge in [-0.1, -0.05) is 11.6 Å². The van der Waals surface area contributed by atoms with E-state index >= 15 is 0 Å². The molecule has 1 aliphatic rings. The van der Waals surface area contributed by atoms with Crippen LogP contribution < -0.4 is 10.1 Å². The molecule has 0 amide bonds. The molecule has 1 fully saturated rings. The Labute approximate surface area is 185 Å². The average molecular weight is 430 g/mol. The van der Waals surface area contributed by atoms with Crippen molar-refractivity contribution >= 4 is 5.96 Å². The van der Waals surface area contributed by atoms with E-state index in [9.17, 15) is 0 Å². The zero-order chi connectivity index (χ0) is 21.9.